The Labute approximate surface area is 133 Å². The van der Waals surface area contributed by atoms with Crippen LogP contribution in [0.1, 0.15) is 62.2 Å². The van der Waals surface area contributed by atoms with Gasteiger partial charge in [0.05, 0.1) is 17.1 Å². The van der Waals surface area contributed by atoms with Crippen LogP contribution in [0.25, 0.3) is 0 Å². The van der Waals surface area contributed by atoms with Crippen molar-refractivity contribution < 1.29 is 12.9 Å². The molecule has 1 fully saturated rings. The maximum atomic E-state index is 11.4. The van der Waals surface area contributed by atoms with Gasteiger partial charge in [-0.1, -0.05) is 32.9 Å². The van der Waals surface area contributed by atoms with Crippen LogP contribution in [0, 0.1) is 5.41 Å². The molecule has 3 rings (SSSR count). The van der Waals surface area contributed by atoms with E-state index in [-0.39, 0.29) is 27.4 Å². The van der Waals surface area contributed by atoms with E-state index in [9.17, 15) is 8.42 Å². The number of thiazole rings is 1. The highest BCUT2D eigenvalue weighted by atomic mass is 32.2. The molecule has 1 saturated carbocycles. The molecule has 0 radical (unpaired) electrons. The van der Waals surface area contributed by atoms with Gasteiger partial charge in [0.1, 0.15) is 0 Å². The Kier molecular flexibility index (Phi) is 3.42. The summed E-state index contributed by atoms with van der Waals surface area (Å²) in [5.41, 5.74) is -0.103. The van der Waals surface area contributed by atoms with Gasteiger partial charge in [-0.15, -0.1) is 11.3 Å². The van der Waals surface area contributed by atoms with Crippen LogP contribution in [-0.2, 0) is 10.0 Å². The summed E-state index contributed by atoms with van der Waals surface area (Å²) in [5, 5.41) is 9.88. The van der Waals surface area contributed by atoms with Crippen molar-refractivity contribution in [1.29, 1.82) is 0 Å². The van der Waals surface area contributed by atoms with Gasteiger partial charge in [0.25, 0.3) is 0 Å². The topological polar surface area (TPSA) is 112 Å². The molecule has 2 aromatic rings. The van der Waals surface area contributed by atoms with Gasteiger partial charge in [-0.05, 0) is 5.41 Å². The lowest BCUT2D eigenvalue weighted by Gasteiger charge is -1.97. The van der Waals surface area contributed by atoms with Gasteiger partial charge in [0, 0.05) is 11.8 Å². The average Bonchev–Trinajstić information content (AvgIpc) is 2.86. The van der Waals surface area contributed by atoms with Crippen LogP contribution in [-0.4, -0.2) is 23.5 Å². The third-order valence-corrected chi connectivity index (χ3v) is 6.60. The number of aromatic nitrogens is 3. The standard InChI is InChI=1S/C13H18N4O3S2/c1-6(2)10-16-11(20-17-10)8-9(13(8,3)4)12-15-5-7(21-12)22(14,18)19/h5-6,8-9H,1-4H3,(H2,14,18,19). The molecule has 0 aliphatic heterocycles. The summed E-state index contributed by atoms with van der Waals surface area (Å²) >= 11 is 1.11. The van der Waals surface area contributed by atoms with Crippen molar-refractivity contribution in [3.63, 3.8) is 0 Å². The van der Waals surface area contributed by atoms with Crippen molar-refractivity contribution in [3.05, 3.63) is 22.9 Å². The first-order valence-corrected chi connectivity index (χ1v) is 9.30. The Morgan fingerprint density at radius 2 is 2.05 bits per heavy atom. The molecule has 7 nitrogen and oxygen atoms in total. The zero-order valence-electron chi connectivity index (χ0n) is 12.8. The minimum absolute atomic E-state index is 0.0481. The minimum Gasteiger partial charge on any atom is -0.339 e. The molecule has 1 aliphatic carbocycles. The molecular weight excluding hydrogens is 324 g/mol. The fourth-order valence-electron chi connectivity index (χ4n) is 2.72. The van der Waals surface area contributed by atoms with E-state index >= 15 is 0 Å². The van der Waals surface area contributed by atoms with Crippen molar-refractivity contribution in [3.8, 4) is 0 Å². The molecule has 0 aromatic carbocycles. The number of rotatable bonds is 4. The number of sulfonamides is 1. The second-order valence-corrected chi connectivity index (χ2v) is 9.34. The van der Waals surface area contributed by atoms with Crippen LogP contribution in [0.5, 0.6) is 0 Å². The summed E-state index contributed by atoms with van der Waals surface area (Å²) in [6.45, 7) is 8.17. The normalized spacial score (nSPS) is 23.9. The van der Waals surface area contributed by atoms with Crippen LogP contribution in [0.3, 0.4) is 0 Å². The highest BCUT2D eigenvalue weighted by Gasteiger charge is 2.63. The van der Waals surface area contributed by atoms with Crippen LogP contribution in [0.2, 0.25) is 0 Å². The number of hydrogen-bond acceptors (Lipinski definition) is 7. The molecule has 0 amide bonds. The largest absolute Gasteiger partial charge is 0.339 e. The van der Waals surface area contributed by atoms with Gasteiger partial charge in [0.2, 0.25) is 15.9 Å². The average molecular weight is 342 g/mol. The molecule has 22 heavy (non-hydrogen) atoms. The Morgan fingerprint density at radius 1 is 1.36 bits per heavy atom. The fraction of sp³-hybridized carbons (Fsp3) is 0.615. The summed E-state index contributed by atoms with van der Waals surface area (Å²) in [4.78, 5) is 8.68. The summed E-state index contributed by atoms with van der Waals surface area (Å²) < 4.78 is 28.2. The highest BCUT2D eigenvalue weighted by Crippen LogP contribution is 2.70. The Bertz CT molecular complexity index is 807. The minimum atomic E-state index is -3.71. The fourth-order valence-corrected chi connectivity index (χ4v) is 4.62. The lowest BCUT2D eigenvalue weighted by atomic mass is 10.1. The van der Waals surface area contributed by atoms with Crippen molar-refractivity contribution >= 4 is 21.4 Å². The van der Waals surface area contributed by atoms with E-state index in [2.05, 4.69) is 29.0 Å². The number of nitrogens with two attached hydrogens (primary N) is 1. The van der Waals surface area contributed by atoms with Crippen molar-refractivity contribution in [2.24, 2.45) is 10.6 Å². The van der Waals surface area contributed by atoms with Crippen LogP contribution < -0.4 is 5.14 Å². The first-order chi connectivity index (χ1) is 10.1. The Morgan fingerprint density at radius 3 is 2.55 bits per heavy atom. The second kappa shape index (κ2) is 4.84. The van der Waals surface area contributed by atoms with Gasteiger partial charge in [-0.25, -0.2) is 18.5 Å². The van der Waals surface area contributed by atoms with E-state index in [0.717, 1.165) is 16.3 Å². The van der Waals surface area contributed by atoms with E-state index in [0.29, 0.717) is 11.7 Å². The lowest BCUT2D eigenvalue weighted by molar-refractivity contribution is 0.361. The van der Waals surface area contributed by atoms with Crippen molar-refractivity contribution in [2.75, 3.05) is 0 Å². The summed E-state index contributed by atoms with van der Waals surface area (Å²) in [5.74, 6) is 1.58. The molecular formula is C13H18N4O3S2. The quantitative estimate of drug-likeness (QED) is 0.911. The van der Waals surface area contributed by atoms with Gasteiger partial charge in [0.15, 0.2) is 10.0 Å². The van der Waals surface area contributed by atoms with Crippen LogP contribution in [0.15, 0.2) is 14.9 Å². The van der Waals surface area contributed by atoms with Crippen molar-refractivity contribution in [2.45, 2.75) is 49.7 Å². The summed E-state index contributed by atoms with van der Waals surface area (Å²) in [6.07, 6.45) is 1.31. The molecule has 2 aromatic heterocycles. The smallest absolute Gasteiger partial charge is 0.249 e. The maximum absolute atomic E-state index is 11.4. The zero-order valence-corrected chi connectivity index (χ0v) is 14.4. The van der Waals surface area contributed by atoms with Gasteiger partial charge >= 0.3 is 0 Å². The SMILES string of the molecule is CC(C)c1noc(C2C(c3ncc(S(N)(=O)=O)s3)C2(C)C)n1. The molecule has 2 N–H and O–H groups in total. The Hall–Kier alpha value is -1.32. The molecule has 0 bridgehead atoms. The zero-order chi connectivity index (χ0) is 16.3. The van der Waals surface area contributed by atoms with E-state index < -0.39 is 10.0 Å². The predicted octanol–water partition coefficient (Wildman–Crippen LogP) is 2.20. The maximum Gasteiger partial charge on any atom is 0.249 e. The van der Waals surface area contributed by atoms with E-state index in [1.54, 1.807) is 0 Å². The summed E-state index contributed by atoms with van der Waals surface area (Å²) in [7, 11) is -3.71. The molecule has 2 unspecified atom stereocenters. The van der Waals surface area contributed by atoms with E-state index in [1.807, 2.05) is 13.8 Å². The molecule has 0 saturated heterocycles. The molecule has 1 aliphatic rings. The van der Waals surface area contributed by atoms with Gasteiger partial charge in [-0.3, -0.25) is 0 Å². The first kappa shape index (κ1) is 15.6. The number of nitrogens with zero attached hydrogens (tertiary/aromatic N) is 3. The van der Waals surface area contributed by atoms with Crippen molar-refractivity contribution in [1.82, 2.24) is 15.1 Å². The van der Waals surface area contributed by atoms with Gasteiger partial charge in [-0.2, -0.15) is 4.98 Å². The third kappa shape index (κ3) is 2.46. The highest BCUT2D eigenvalue weighted by molar-refractivity contribution is 7.91. The Balaban J connectivity index is 1.90. The van der Waals surface area contributed by atoms with E-state index in [1.165, 1.54) is 6.20 Å². The van der Waals surface area contributed by atoms with Crippen LogP contribution >= 0.6 is 11.3 Å². The van der Waals surface area contributed by atoms with E-state index in [4.69, 9.17) is 9.66 Å². The monoisotopic (exact) mass is 342 g/mol. The number of primary sulfonamides is 1. The van der Waals surface area contributed by atoms with Crippen LogP contribution in [0.4, 0.5) is 0 Å². The second-order valence-electron chi connectivity index (χ2n) is 6.48. The molecule has 120 valence electrons. The number of hydrogen-bond donors (Lipinski definition) is 1. The predicted molar refractivity (Wildman–Crippen MR) is 81.1 cm³/mol. The first-order valence-electron chi connectivity index (χ1n) is 6.94. The lowest BCUT2D eigenvalue weighted by Crippen LogP contribution is -2.09. The molecule has 0 spiro atoms. The molecule has 2 heterocycles. The summed E-state index contributed by atoms with van der Waals surface area (Å²) in [6, 6.07) is 0. The molecule has 9 heteroatoms. The molecule has 2 atom stereocenters. The third-order valence-electron chi connectivity index (χ3n) is 4.12. The van der Waals surface area contributed by atoms with Gasteiger partial charge < -0.3 is 4.52 Å².